The van der Waals surface area contributed by atoms with Crippen molar-refractivity contribution in [3.8, 4) is 0 Å². The first-order valence-corrected chi connectivity index (χ1v) is 6.74. The number of amides is 1. The average Bonchev–Trinajstić information content (AvgIpc) is 2.13. The lowest BCUT2D eigenvalue weighted by molar-refractivity contribution is 0.0522. The fourth-order valence-corrected chi connectivity index (χ4v) is 1.33. The molecule has 18 heavy (non-hydrogen) atoms. The first-order chi connectivity index (χ1) is 8.03. The van der Waals surface area contributed by atoms with Gasteiger partial charge >= 0.3 is 6.09 Å². The Morgan fingerprint density at radius 2 is 1.72 bits per heavy atom. The monoisotopic (exact) mass is 258 g/mol. The Balaban J connectivity index is 3.97. The molecule has 0 fully saturated rings. The number of carbonyl (C=O) groups is 1. The van der Waals surface area contributed by atoms with Crippen LogP contribution in [0, 0.1) is 5.41 Å². The van der Waals surface area contributed by atoms with Gasteiger partial charge in [0.1, 0.15) is 5.60 Å². The van der Waals surface area contributed by atoms with Gasteiger partial charge in [-0.2, -0.15) is 0 Å². The van der Waals surface area contributed by atoms with Gasteiger partial charge in [-0.25, -0.2) is 4.79 Å². The summed E-state index contributed by atoms with van der Waals surface area (Å²) in [6.07, 6.45) is 0.629. The Kier molecular flexibility index (Phi) is 6.68. The van der Waals surface area contributed by atoms with Gasteiger partial charge in [-0.15, -0.1) is 0 Å². The van der Waals surface area contributed by atoms with E-state index in [1.165, 1.54) is 0 Å². The molecular formula is C14H30N2O2. The molecule has 4 nitrogen and oxygen atoms in total. The standard InChI is InChI=1S/C14H30N2O2/c1-8-11(16-10-13(2,3)4)9-15-12(17)18-14(5,6)7/h11,16H,8-10H2,1-7H3,(H,15,17). The molecule has 1 unspecified atom stereocenters. The van der Waals surface area contributed by atoms with Gasteiger partial charge in [0, 0.05) is 19.1 Å². The summed E-state index contributed by atoms with van der Waals surface area (Å²) in [5.74, 6) is 0. The maximum absolute atomic E-state index is 11.5. The van der Waals surface area contributed by atoms with Crippen LogP contribution in [0.4, 0.5) is 4.79 Å². The molecule has 0 saturated heterocycles. The van der Waals surface area contributed by atoms with Crippen molar-refractivity contribution in [3.05, 3.63) is 0 Å². The van der Waals surface area contributed by atoms with Crippen LogP contribution in [0.1, 0.15) is 54.9 Å². The lowest BCUT2D eigenvalue weighted by Crippen LogP contribution is -2.44. The first-order valence-electron chi connectivity index (χ1n) is 6.74. The highest BCUT2D eigenvalue weighted by Crippen LogP contribution is 2.11. The van der Waals surface area contributed by atoms with Crippen LogP contribution >= 0.6 is 0 Å². The highest BCUT2D eigenvalue weighted by Gasteiger charge is 2.18. The zero-order valence-corrected chi connectivity index (χ0v) is 13.0. The molecule has 0 saturated carbocycles. The Morgan fingerprint density at radius 3 is 2.11 bits per heavy atom. The predicted molar refractivity (Wildman–Crippen MR) is 75.8 cm³/mol. The van der Waals surface area contributed by atoms with E-state index in [0.717, 1.165) is 13.0 Å². The lowest BCUT2D eigenvalue weighted by Gasteiger charge is -2.25. The van der Waals surface area contributed by atoms with Crippen LogP contribution in [0.5, 0.6) is 0 Å². The summed E-state index contributed by atoms with van der Waals surface area (Å²) >= 11 is 0. The second-order valence-electron chi connectivity index (χ2n) is 6.93. The van der Waals surface area contributed by atoms with Gasteiger partial charge in [0.05, 0.1) is 0 Å². The minimum atomic E-state index is -0.440. The third-order valence-electron chi connectivity index (χ3n) is 2.31. The van der Waals surface area contributed by atoms with Gasteiger partial charge in [0.2, 0.25) is 0 Å². The zero-order chi connectivity index (χ0) is 14.4. The Hall–Kier alpha value is -0.770. The summed E-state index contributed by atoms with van der Waals surface area (Å²) in [6, 6.07) is 0.289. The highest BCUT2D eigenvalue weighted by atomic mass is 16.6. The molecule has 0 spiro atoms. The average molecular weight is 258 g/mol. The van der Waals surface area contributed by atoms with Crippen LogP contribution in [0.2, 0.25) is 0 Å². The van der Waals surface area contributed by atoms with Crippen LogP contribution in [0.15, 0.2) is 0 Å². The predicted octanol–water partition coefficient (Wildman–Crippen LogP) is 2.93. The van der Waals surface area contributed by atoms with E-state index in [0.29, 0.717) is 6.54 Å². The van der Waals surface area contributed by atoms with Crippen LogP contribution in [-0.2, 0) is 4.74 Å². The Bertz CT molecular complexity index is 252. The lowest BCUT2D eigenvalue weighted by atomic mass is 9.96. The number of alkyl carbamates (subject to hydrolysis) is 1. The Morgan fingerprint density at radius 1 is 1.17 bits per heavy atom. The van der Waals surface area contributed by atoms with Crippen molar-refractivity contribution in [2.75, 3.05) is 13.1 Å². The normalized spacial score (nSPS) is 14.2. The molecule has 0 aliphatic carbocycles. The number of ether oxygens (including phenoxy) is 1. The van der Waals surface area contributed by atoms with E-state index in [2.05, 4.69) is 38.3 Å². The molecule has 0 radical (unpaired) electrons. The van der Waals surface area contributed by atoms with Gasteiger partial charge < -0.3 is 15.4 Å². The van der Waals surface area contributed by atoms with Gasteiger partial charge in [-0.1, -0.05) is 27.7 Å². The molecule has 0 rings (SSSR count). The quantitative estimate of drug-likeness (QED) is 0.797. The van der Waals surface area contributed by atoms with Gasteiger partial charge in [-0.05, 0) is 32.6 Å². The largest absolute Gasteiger partial charge is 0.444 e. The van der Waals surface area contributed by atoms with E-state index < -0.39 is 5.60 Å². The van der Waals surface area contributed by atoms with Crippen LogP contribution in [0.3, 0.4) is 0 Å². The molecule has 1 amide bonds. The number of hydrogen-bond acceptors (Lipinski definition) is 3. The van der Waals surface area contributed by atoms with E-state index in [-0.39, 0.29) is 17.6 Å². The van der Waals surface area contributed by atoms with Crippen molar-refractivity contribution < 1.29 is 9.53 Å². The van der Waals surface area contributed by atoms with Crippen molar-refractivity contribution in [2.24, 2.45) is 5.41 Å². The molecular weight excluding hydrogens is 228 g/mol. The van der Waals surface area contributed by atoms with Crippen molar-refractivity contribution >= 4 is 6.09 Å². The highest BCUT2D eigenvalue weighted by molar-refractivity contribution is 5.67. The number of hydrogen-bond donors (Lipinski definition) is 2. The molecule has 0 aliphatic heterocycles. The van der Waals surface area contributed by atoms with Gasteiger partial charge in [-0.3, -0.25) is 0 Å². The second kappa shape index (κ2) is 6.98. The van der Waals surface area contributed by atoms with E-state index in [1.54, 1.807) is 0 Å². The molecule has 2 N–H and O–H groups in total. The maximum atomic E-state index is 11.5. The summed E-state index contributed by atoms with van der Waals surface area (Å²) in [6.45, 7) is 15.8. The van der Waals surface area contributed by atoms with Crippen molar-refractivity contribution in [2.45, 2.75) is 66.5 Å². The Labute approximate surface area is 112 Å². The SMILES string of the molecule is CCC(CNC(=O)OC(C)(C)C)NCC(C)(C)C. The van der Waals surface area contributed by atoms with Crippen molar-refractivity contribution in [1.82, 2.24) is 10.6 Å². The molecule has 0 heterocycles. The maximum Gasteiger partial charge on any atom is 0.407 e. The number of nitrogens with one attached hydrogen (secondary N) is 2. The topological polar surface area (TPSA) is 50.4 Å². The summed E-state index contributed by atoms with van der Waals surface area (Å²) in [7, 11) is 0. The van der Waals surface area contributed by atoms with Crippen molar-refractivity contribution in [3.63, 3.8) is 0 Å². The van der Waals surface area contributed by atoms with E-state index in [9.17, 15) is 4.79 Å². The summed E-state index contributed by atoms with van der Waals surface area (Å²) in [5, 5.41) is 6.26. The minimum absolute atomic E-state index is 0.249. The van der Waals surface area contributed by atoms with E-state index in [1.807, 2.05) is 20.8 Å². The summed E-state index contributed by atoms with van der Waals surface area (Å²) in [5.41, 5.74) is -0.191. The molecule has 0 aliphatic rings. The number of rotatable bonds is 5. The van der Waals surface area contributed by atoms with E-state index >= 15 is 0 Å². The van der Waals surface area contributed by atoms with Crippen LogP contribution < -0.4 is 10.6 Å². The number of carbonyl (C=O) groups excluding carboxylic acids is 1. The molecule has 4 heteroatoms. The smallest absolute Gasteiger partial charge is 0.407 e. The second-order valence-corrected chi connectivity index (χ2v) is 6.93. The first kappa shape index (κ1) is 17.2. The third-order valence-corrected chi connectivity index (χ3v) is 2.31. The molecule has 0 aromatic carbocycles. The van der Waals surface area contributed by atoms with E-state index in [4.69, 9.17) is 4.74 Å². The summed E-state index contributed by atoms with van der Waals surface area (Å²) in [4.78, 5) is 11.5. The molecule has 108 valence electrons. The van der Waals surface area contributed by atoms with Crippen LogP contribution in [0.25, 0.3) is 0 Å². The minimum Gasteiger partial charge on any atom is -0.444 e. The van der Waals surface area contributed by atoms with Crippen LogP contribution in [-0.4, -0.2) is 30.8 Å². The third kappa shape index (κ3) is 10.4. The van der Waals surface area contributed by atoms with Crippen molar-refractivity contribution in [1.29, 1.82) is 0 Å². The molecule has 0 aromatic heterocycles. The molecule has 1 atom stereocenters. The zero-order valence-electron chi connectivity index (χ0n) is 13.0. The fourth-order valence-electron chi connectivity index (χ4n) is 1.33. The summed E-state index contributed by atoms with van der Waals surface area (Å²) < 4.78 is 5.20. The van der Waals surface area contributed by atoms with Gasteiger partial charge in [0.25, 0.3) is 0 Å². The molecule has 0 bridgehead atoms. The van der Waals surface area contributed by atoms with Gasteiger partial charge in [0.15, 0.2) is 0 Å². The molecule has 0 aromatic rings. The fraction of sp³-hybridized carbons (Fsp3) is 0.929.